The second kappa shape index (κ2) is 4.68. The van der Waals surface area contributed by atoms with Gasteiger partial charge in [-0.15, -0.1) is 0 Å². The van der Waals surface area contributed by atoms with E-state index in [1.54, 1.807) is 6.20 Å². The Hall–Kier alpha value is -2.27. The molecular formula is C15H15N5. The quantitative estimate of drug-likeness (QED) is 0.786. The standard InChI is InChI=1S/C15H15N5/c1-2-13-14(18-19-15(13)17-5-1)12-9-20(10-12)8-11-3-6-16-7-4-11/h1-7,12H,8-10H2,(H,17,18,19). The number of nitrogens with one attached hydrogen (secondary N) is 1. The van der Waals surface area contributed by atoms with Crippen LogP contribution >= 0.6 is 0 Å². The van der Waals surface area contributed by atoms with Crippen molar-refractivity contribution < 1.29 is 0 Å². The molecule has 0 spiro atoms. The number of pyridine rings is 2. The summed E-state index contributed by atoms with van der Waals surface area (Å²) < 4.78 is 0. The molecule has 0 unspecified atom stereocenters. The van der Waals surface area contributed by atoms with Crippen LogP contribution in [-0.4, -0.2) is 38.2 Å². The van der Waals surface area contributed by atoms with Crippen molar-refractivity contribution in [3.8, 4) is 0 Å². The summed E-state index contributed by atoms with van der Waals surface area (Å²) in [5, 5.41) is 8.57. The van der Waals surface area contributed by atoms with Crippen molar-refractivity contribution >= 4 is 11.0 Å². The van der Waals surface area contributed by atoms with E-state index in [9.17, 15) is 0 Å². The zero-order valence-electron chi connectivity index (χ0n) is 11.0. The van der Waals surface area contributed by atoms with Gasteiger partial charge in [-0.3, -0.25) is 15.0 Å². The Morgan fingerprint density at radius 1 is 1.15 bits per heavy atom. The molecule has 4 heterocycles. The highest BCUT2D eigenvalue weighted by molar-refractivity contribution is 5.78. The molecule has 1 aliphatic heterocycles. The third-order valence-corrected chi connectivity index (χ3v) is 3.88. The predicted octanol–water partition coefficient (Wildman–Crippen LogP) is 1.95. The second-order valence-corrected chi connectivity index (χ2v) is 5.26. The molecule has 0 atom stereocenters. The van der Waals surface area contributed by atoms with Gasteiger partial charge in [0, 0.05) is 49.5 Å². The first kappa shape index (κ1) is 11.5. The molecule has 3 aromatic heterocycles. The summed E-state index contributed by atoms with van der Waals surface area (Å²) >= 11 is 0. The summed E-state index contributed by atoms with van der Waals surface area (Å²) in [7, 11) is 0. The molecular weight excluding hydrogens is 250 g/mol. The van der Waals surface area contributed by atoms with Crippen LogP contribution in [0.15, 0.2) is 42.9 Å². The zero-order valence-corrected chi connectivity index (χ0v) is 11.0. The minimum atomic E-state index is 0.533. The maximum atomic E-state index is 4.27. The van der Waals surface area contributed by atoms with E-state index < -0.39 is 0 Å². The van der Waals surface area contributed by atoms with Gasteiger partial charge in [0.2, 0.25) is 0 Å². The number of hydrogen-bond acceptors (Lipinski definition) is 4. The van der Waals surface area contributed by atoms with E-state index in [0.717, 1.165) is 30.7 Å². The largest absolute Gasteiger partial charge is 0.298 e. The molecule has 1 fully saturated rings. The highest BCUT2D eigenvalue weighted by Gasteiger charge is 2.30. The number of hydrogen-bond donors (Lipinski definition) is 1. The first-order valence-corrected chi connectivity index (χ1v) is 6.80. The lowest BCUT2D eigenvalue weighted by Gasteiger charge is -2.38. The van der Waals surface area contributed by atoms with E-state index in [0.29, 0.717) is 5.92 Å². The van der Waals surface area contributed by atoms with Crippen molar-refractivity contribution in [2.45, 2.75) is 12.5 Å². The summed E-state index contributed by atoms with van der Waals surface area (Å²) in [5.41, 5.74) is 3.35. The maximum Gasteiger partial charge on any atom is 0.181 e. The van der Waals surface area contributed by atoms with Crippen molar-refractivity contribution in [2.75, 3.05) is 13.1 Å². The molecule has 0 aliphatic carbocycles. The van der Waals surface area contributed by atoms with Gasteiger partial charge in [-0.05, 0) is 29.8 Å². The summed E-state index contributed by atoms with van der Waals surface area (Å²) in [6.45, 7) is 3.12. The van der Waals surface area contributed by atoms with Gasteiger partial charge in [-0.2, -0.15) is 5.10 Å². The Kier molecular flexibility index (Phi) is 2.70. The van der Waals surface area contributed by atoms with Gasteiger partial charge in [0.25, 0.3) is 0 Å². The molecule has 0 bridgehead atoms. The SMILES string of the molecule is c1cnc2n[nH]c(C3CN(Cc4ccncc4)C3)c2c1. The van der Waals surface area contributed by atoms with Gasteiger partial charge in [-0.1, -0.05) is 0 Å². The van der Waals surface area contributed by atoms with Crippen LogP contribution < -0.4 is 0 Å². The summed E-state index contributed by atoms with van der Waals surface area (Å²) in [4.78, 5) is 10.7. The van der Waals surface area contributed by atoms with E-state index in [1.165, 1.54) is 11.3 Å². The van der Waals surface area contributed by atoms with Gasteiger partial charge in [0.1, 0.15) is 0 Å². The van der Waals surface area contributed by atoms with Crippen molar-refractivity contribution in [2.24, 2.45) is 0 Å². The Morgan fingerprint density at radius 2 is 2.00 bits per heavy atom. The number of rotatable bonds is 3. The number of aromatic nitrogens is 4. The van der Waals surface area contributed by atoms with E-state index >= 15 is 0 Å². The average Bonchev–Trinajstić information content (AvgIpc) is 2.87. The van der Waals surface area contributed by atoms with Gasteiger partial charge < -0.3 is 0 Å². The van der Waals surface area contributed by atoms with E-state index in [1.807, 2.05) is 18.5 Å². The number of H-pyrrole nitrogens is 1. The molecule has 5 nitrogen and oxygen atoms in total. The highest BCUT2D eigenvalue weighted by atomic mass is 15.2. The highest BCUT2D eigenvalue weighted by Crippen LogP contribution is 2.30. The lowest BCUT2D eigenvalue weighted by molar-refractivity contribution is 0.138. The normalized spacial score (nSPS) is 16.4. The molecule has 0 aromatic carbocycles. The third-order valence-electron chi connectivity index (χ3n) is 3.88. The van der Waals surface area contributed by atoms with Gasteiger partial charge in [0.15, 0.2) is 5.65 Å². The summed E-state index contributed by atoms with van der Waals surface area (Å²) in [6, 6.07) is 8.20. The molecule has 0 radical (unpaired) electrons. The van der Waals surface area contributed by atoms with E-state index in [4.69, 9.17) is 0 Å². The second-order valence-electron chi connectivity index (χ2n) is 5.26. The molecule has 1 aliphatic rings. The lowest BCUT2D eigenvalue weighted by atomic mass is 9.94. The fraction of sp³-hybridized carbons (Fsp3) is 0.267. The van der Waals surface area contributed by atoms with Crippen molar-refractivity contribution in [1.29, 1.82) is 0 Å². The Bertz CT molecular complexity index is 715. The minimum absolute atomic E-state index is 0.533. The van der Waals surface area contributed by atoms with E-state index in [-0.39, 0.29) is 0 Å². The smallest absolute Gasteiger partial charge is 0.181 e. The van der Waals surface area contributed by atoms with Crippen LogP contribution in [0.3, 0.4) is 0 Å². The fourth-order valence-corrected chi connectivity index (χ4v) is 2.81. The Labute approximate surface area is 116 Å². The van der Waals surface area contributed by atoms with Gasteiger partial charge >= 0.3 is 0 Å². The summed E-state index contributed by atoms with van der Waals surface area (Å²) in [6.07, 6.45) is 5.48. The predicted molar refractivity (Wildman–Crippen MR) is 76.1 cm³/mol. The van der Waals surface area contributed by atoms with Crippen LogP contribution in [0.5, 0.6) is 0 Å². The topological polar surface area (TPSA) is 57.7 Å². The molecule has 3 aromatic rings. The molecule has 0 saturated carbocycles. The average molecular weight is 265 g/mol. The van der Waals surface area contributed by atoms with E-state index in [2.05, 4.69) is 43.3 Å². The Morgan fingerprint density at radius 3 is 2.85 bits per heavy atom. The minimum Gasteiger partial charge on any atom is -0.298 e. The van der Waals surface area contributed by atoms with Crippen LogP contribution in [0.2, 0.25) is 0 Å². The van der Waals surface area contributed by atoms with Crippen LogP contribution in [0.1, 0.15) is 17.2 Å². The van der Waals surface area contributed by atoms with Gasteiger partial charge in [-0.25, -0.2) is 4.98 Å². The third kappa shape index (κ3) is 1.96. The van der Waals surface area contributed by atoms with Crippen LogP contribution in [0.25, 0.3) is 11.0 Å². The lowest BCUT2D eigenvalue weighted by Crippen LogP contribution is -2.44. The molecule has 0 amide bonds. The van der Waals surface area contributed by atoms with Crippen molar-refractivity contribution in [3.63, 3.8) is 0 Å². The molecule has 1 N–H and O–H groups in total. The van der Waals surface area contributed by atoms with Crippen LogP contribution in [-0.2, 0) is 6.54 Å². The maximum absolute atomic E-state index is 4.27. The van der Waals surface area contributed by atoms with Gasteiger partial charge in [0.05, 0.1) is 5.69 Å². The fourth-order valence-electron chi connectivity index (χ4n) is 2.81. The molecule has 100 valence electrons. The Balaban J connectivity index is 1.46. The van der Waals surface area contributed by atoms with Crippen molar-refractivity contribution in [1.82, 2.24) is 25.1 Å². The van der Waals surface area contributed by atoms with Crippen LogP contribution in [0, 0.1) is 0 Å². The first-order chi connectivity index (χ1) is 9.90. The molecule has 1 saturated heterocycles. The number of fused-ring (bicyclic) bond motifs is 1. The number of likely N-dealkylation sites (tertiary alicyclic amines) is 1. The monoisotopic (exact) mass is 265 g/mol. The van der Waals surface area contributed by atoms with Crippen molar-refractivity contribution in [3.05, 3.63) is 54.1 Å². The summed E-state index contributed by atoms with van der Waals surface area (Å²) in [5.74, 6) is 0.533. The number of aromatic amines is 1. The number of nitrogens with zero attached hydrogens (tertiary/aromatic N) is 4. The molecule has 5 heteroatoms. The van der Waals surface area contributed by atoms with Crippen LogP contribution in [0.4, 0.5) is 0 Å². The first-order valence-electron chi connectivity index (χ1n) is 6.80. The molecule has 20 heavy (non-hydrogen) atoms. The zero-order chi connectivity index (χ0) is 13.4. The molecule has 4 rings (SSSR count).